The highest BCUT2D eigenvalue weighted by Crippen LogP contribution is 2.20. The van der Waals surface area contributed by atoms with Crippen LogP contribution in [0.1, 0.15) is 15.9 Å². The Morgan fingerprint density at radius 3 is 2.60 bits per heavy atom. The number of anilines is 1. The fraction of sp³-hybridized carbons (Fsp3) is 0.167. The topological polar surface area (TPSA) is 101 Å². The Morgan fingerprint density at radius 1 is 1.35 bits per heavy atom. The van der Waals surface area contributed by atoms with E-state index in [0.717, 1.165) is 6.07 Å². The maximum Gasteiger partial charge on any atom is 0.335 e. The minimum Gasteiger partial charge on any atom is -0.478 e. The fourth-order valence-corrected chi connectivity index (χ4v) is 2.95. The summed E-state index contributed by atoms with van der Waals surface area (Å²) in [6, 6.07) is 5.45. The monoisotopic (exact) mass is 295 g/mol. The number of hydrogen-bond acceptors (Lipinski definition) is 4. The molecule has 7 nitrogen and oxygen atoms in total. The third-order valence-electron chi connectivity index (χ3n) is 2.68. The molecule has 0 aliphatic rings. The van der Waals surface area contributed by atoms with Crippen molar-refractivity contribution < 1.29 is 18.3 Å². The summed E-state index contributed by atoms with van der Waals surface area (Å²) in [5.74, 6) is -1.01. The molecule has 0 bridgehead atoms. The number of carbonyl (C=O) groups is 1. The van der Waals surface area contributed by atoms with E-state index in [-0.39, 0.29) is 16.3 Å². The van der Waals surface area contributed by atoms with Crippen molar-refractivity contribution in [1.82, 2.24) is 9.78 Å². The molecule has 1 aromatic heterocycles. The van der Waals surface area contributed by atoms with Gasteiger partial charge in [-0.15, -0.1) is 0 Å². The van der Waals surface area contributed by atoms with Crippen LogP contribution in [-0.4, -0.2) is 29.3 Å². The van der Waals surface area contributed by atoms with Gasteiger partial charge in [0, 0.05) is 19.3 Å². The largest absolute Gasteiger partial charge is 0.478 e. The first kappa shape index (κ1) is 14.1. The number of nitrogens with zero attached hydrogens (tertiary/aromatic N) is 2. The zero-order valence-corrected chi connectivity index (χ0v) is 11.7. The predicted octanol–water partition coefficient (Wildman–Crippen LogP) is 1.23. The standard InChI is InChI=1S/C12H13N3O4S/c1-8-3-4-9(12(16)17)7-10(8)20(18,19)14-11-5-6-15(2)13-11/h3-7H,1-2H3,(H,13,14)(H,16,17). The molecule has 0 aliphatic carbocycles. The first-order valence-corrected chi connectivity index (χ1v) is 7.14. The zero-order valence-electron chi connectivity index (χ0n) is 10.9. The second-order valence-corrected chi connectivity index (χ2v) is 5.92. The van der Waals surface area contributed by atoms with Gasteiger partial charge in [0.25, 0.3) is 10.0 Å². The van der Waals surface area contributed by atoms with E-state index in [1.54, 1.807) is 20.2 Å². The summed E-state index contributed by atoms with van der Waals surface area (Å²) < 4.78 is 28.3. The Labute approximate surface area is 115 Å². The van der Waals surface area contributed by atoms with Crippen molar-refractivity contribution in [2.45, 2.75) is 11.8 Å². The van der Waals surface area contributed by atoms with Crippen molar-refractivity contribution in [3.05, 3.63) is 41.6 Å². The summed E-state index contributed by atoms with van der Waals surface area (Å²) >= 11 is 0. The summed E-state index contributed by atoms with van der Waals surface area (Å²) in [5, 5.41) is 12.8. The van der Waals surface area contributed by atoms with Crippen molar-refractivity contribution in [1.29, 1.82) is 0 Å². The van der Waals surface area contributed by atoms with Gasteiger partial charge in [0.2, 0.25) is 0 Å². The number of aromatic nitrogens is 2. The van der Waals surface area contributed by atoms with Gasteiger partial charge < -0.3 is 5.11 Å². The van der Waals surface area contributed by atoms with Crippen molar-refractivity contribution in [3.8, 4) is 0 Å². The molecule has 0 saturated carbocycles. The fourth-order valence-electron chi connectivity index (χ4n) is 1.68. The van der Waals surface area contributed by atoms with E-state index in [1.807, 2.05) is 0 Å². The lowest BCUT2D eigenvalue weighted by Gasteiger charge is -2.09. The van der Waals surface area contributed by atoms with Gasteiger partial charge in [-0.05, 0) is 24.6 Å². The van der Waals surface area contributed by atoms with Crippen LogP contribution in [0.25, 0.3) is 0 Å². The third-order valence-corrected chi connectivity index (χ3v) is 4.17. The molecule has 2 N–H and O–H groups in total. The number of carboxylic acids is 1. The average Bonchev–Trinajstić information content (AvgIpc) is 2.73. The van der Waals surface area contributed by atoms with E-state index in [4.69, 9.17) is 5.11 Å². The Hall–Kier alpha value is -2.35. The van der Waals surface area contributed by atoms with Crippen LogP contribution in [-0.2, 0) is 17.1 Å². The smallest absolute Gasteiger partial charge is 0.335 e. The zero-order chi connectivity index (χ0) is 14.9. The van der Waals surface area contributed by atoms with Crippen LogP contribution in [0.4, 0.5) is 5.82 Å². The molecule has 20 heavy (non-hydrogen) atoms. The Balaban J connectivity index is 2.43. The first-order chi connectivity index (χ1) is 9.29. The van der Waals surface area contributed by atoms with E-state index < -0.39 is 16.0 Å². The SMILES string of the molecule is Cc1ccc(C(=O)O)cc1S(=O)(=O)Nc1ccn(C)n1. The highest BCUT2D eigenvalue weighted by atomic mass is 32.2. The quantitative estimate of drug-likeness (QED) is 0.883. The van der Waals surface area contributed by atoms with Crippen LogP contribution >= 0.6 is 0 Å². The van der Waals surface area contributed by atoms with Crippen molar-refractivity contribution in [3.63, 3.8) is 0 Å². The molecule has 0 aliphatic heterocycles. The highest BCUT2D eigenvalue weighted by molar-refractivity contribution is 7.92. The second-order valence-electron chi connectivity index (χ2n) is 4.27. The number of aryl methyl sites for hydroxylation is 2. The number of hydrogen-bond donors (Lipinski definition) is 2. The lowest BCUT2D eigenvalue weighted by Crippen LogP contribution is -2.15. The summed E-state index contributed by atoms with van der Waals surface area (Å²) in [6.07, 6.45) is 1.60. The minimum absolute atomic E-state index is 0.0805. The number of aromatic carboxylic acids is 1. The van der Waals surface area contributed by atoms with Crippen LogP contribution in [0.5, 0.6) is 0 Å². The van der Waals surface area contributed by atoms with Crippen LogP contribution in [0, 0.1) is 6.92 Å². The molecule has 2 aromatic rings. The van der Waals surface area contributed by atoms with Gasteiger partial charge in [0.05, 0.1) is 10.5 Å². The van der Waals surface area contributed by atoms with Crippen LogP contribution in [0.2, 0.25) is 0 Å². The number of carboxylic acid groups (broad SMARTS) is 1. The lowest BCUT2D eigenvalue weighted by molar-refractivity contribution is 0.0696. The van der Waals surface area contributed by atoms with Gasteiger partial charge in [-0.2, -0.15) is 5.10 Å². The van der Waals surface area contributed by atoms with Gasteiger partial charge in [0.1, 0.15) is 0 Å². The van der Waals surface area contributed by atoms with Gasteiger partial charge >= 0.3 is 5.97 Å². The van der Waals surface area contributed by atoms with E-state index in [0.29, 0.717) is 5.56 Å². The maximum atomic E-state index is 12.3. The molecule has 0 fully saturated rings. The number of rotatable bonds is 4. The summed E-state index contributed by atoms with van der Waals surface area (Å²) in [6.45, 7) is 1.60. The molecule has 0 atom stereocenters. The lowest BCUT2D eigenvalue weighted by atomic mass is 10.1. The normalized spacial score (nSPS) is 11.3. The van der Waals surface area contributed by atoms with E-state index in [2.05, 4.69) is 9.82 Å². The Kier molecular flexibility index (Phi) is 3.49. The van der Waals surface area contributed by atoms with Gasteiger partial charge in [-0.1, -0.05) is 6.07 Å². The summed E-state index contributed by atoms with van der Waals surface area (Å²) in [5.41, 5.74) is 0.371. The van der Waals surface area contributed by atoms with Gasteiger partial charge in [-0.25, -0.2) is 13.2 Å². The van der Waals surface area contributed by atoms with E-state index in [9.17, 15) is 13.2 Å². The molecule has 0 saturated heterocycles. The average molecular weight is 295 g/mol. The molecule has 1 aromatic carbocycles. The van der Waals surface area contributed by atoms with E-state index >= 15 is 0 Å². The summed E-state index contributed by atoms with van der Waals surface area (Å²) in [7, 11) is -2.22. The van der Waals surface area contributed by atoms with Crippen LogP contribution in [0.3, 0.4) is 0 Å². The van der Waals surface area contributed by atoms with Crippen molar-refractivity contribution in [2.24, 2.45) is 7.05 Å². The first-order valence-electron chi connectivity index (χ1n) is 5.66. The predicted molar refractivity (Wildman–Crippen MR) is 72.2 cm³/mol. The molecule has 0 amide bonds. The molecule has 8 heteroatoms. The maximum absolute atomic E-state index is 12.3. The molecule has 1 heterocycles. The van der Waals surface area contributed by atoms with E-state index in [1.165, 1.54) is 22.9 Å². The van der Waals surface area contributed by atoms with Gasteiger partial charge in [0.15, 0.2) is 5.82 Å². The summed E-state index contributed by atoms with van der Waals surface area (Å²) in [4.78, 5) is 10.8. The molecule has 0 spiro atoms. The Morgan fingerprint density at radius 2 is 2.05 bits per heavy atom. The number of benzene rings is 1. The van der Waals surface area contributed by atoms with Crippen molar-refractivity contribution >= 4 is 21.8 Å². The Bertz CT molecular complexity index is 765. The molecule has 106 valence electrons. The highest BCUT2D eigenvalue weighted by Gasteiger charge is 2.20. The van der Waals surface area contributed by atoms with Crippen LogP contribution < -0.4 is 4.72 Å². The molecular weight excluding hydrogens is 282 g/mol. The minimum atomic E-state index is -3.88. The molecule has 2 rings (SSSR count). The van der Waals surface area contributed by atoms with Crippen LogP contribution in [0.15, 0.2) is 35.4 Å². The van der Waals surface area contributed by atoms with Crippen molar-refractivity contribution in [2.75, 3.05) is 4.72 Å². The third kappa shape index (κ3) is 2.80. The molecule has 0 unspecified atom stereocenters. The number of nitrogens with one attached hydrogen (secondary N) is 1. The second kappa shape index (κ2) is 4.97. The molecular formula is C12H13N3O4S. The number of sulfonamides is 1. The van der Waals surface area contributed by atoms with Gasteiger partial charge in [-0.3, -0.25) is 9.40 Å². The molecule has 0 radical (unpaired) electrons.